The van der Waals surface area contributed by atoms with Gasteiger partial charge in [-0.15, -0.1) is 0 Å². The first-order chi connectivity index (χ1) is 8.58. The molecule has 1 heterocycles. The maximum atomic E-state index is 11.6. The highest BCUT2D eigenvalue weighted by molar-refractivity contribution is 9.10. The van der Waals surface area contributed by atoms with Gasteiger partial charge in [0.15, 0.2) is 6.29 Å². The second kappa shape index (κ2) is 4.94. The summed E-state index contributed by atoms with van der Waals surface area (Å²) in [6.45, 7) is 1.74. The van der Waals surface area contributed by atoms with Gasteiger partial charge in [0.25, 0.3) is 0 Å². The minimum Gasteiger partial charge on any atom is -0.467 e. The molecule has 0 spiro atoms. The molecule has 0 N–H and O–H groups in total. The number of hydrogen-bond acceptors (Lipinski definition) is 3. The summed E-state index contributed by atoms with van der Waals surface area (Å²) in [5, 5.41) is 0.815. The van der Waals surface area contributed by atoms with E-state index in [1.54, 1.807) is 17.7 Å². The first-order valence-corrected chi connectivity index (χ1v) is 6.21. The molecule has 0 saturated heterocycles. The molecule has 5 heteroatoms. The standard InChI is InChI=1S/C13H12BrNO3/c1-8(13(17)18-2)15-6-9(7-16)11-5-10(14)3-4-12(11)15/h3-8H,1-2H3. The maximum absolute atomic E-state index is 11.6. The molecule has 0 aliphatic rings. The normalized spacial score (nSPS) is 12.4. The van der Waals surface area contributed by atoms with Gasteiger partial charge in [-0.25, -0.2) is 4.79 Å². The van der Waals surface area contributed by atoms with Crippen LogP contribution in [-0.4, -0.2) is 23.9 Å². The third-order valence-electron chi connectivity index (χ3n) is 2.91. The number of carbonyl (C=O) groups is 2. The van der Waals surface area contributed by atoms with Crippen molar-refractivity contribution in [1.82, 2.24) is 4.57 Å². The van der Waals surface area contributed by atoms with Crippen LogP contribution in [0.1, 0.15) is 23.3 Å². The first kappa shape index (κ1) is 12.8. The van der Waals surface area contributed by atoms with Crippen molar-refractivity contribution in [3.05, 3.63) is 34.4 Å². The molecule has 0 fully saturated rings. The zero-order valence-corrected chi connectivity index (χ0v) is 11.6. The van der Waals surface area contributed by atoms with E-state index in [-0.39, 0.29) is 5.97 Å². The lowest BCUT2D eigenvalue weighted by atomic mass is 10.2. The molecule has 18 heavy (non-hydrogen) atoms. The molecule has 0 saturated carbocycles. The molecular weight excluding hydrogens is 298 g/mol. The minimum absolute atomic E-state index is 0.340. The molecule has 1 atom stereocenters. The van der Waals surface area contributed by atoms with Gasteiger partial charge in [0.1, 0.15) is 6.04 Å². The van der Waals surface area contributed by atoms with E-state index in [2.05, 4.69) is 15.9 Å². The SMILES string of the molecule is COC(=O)C(C)n1cc(C=O)c2cc(Br)ccc21. The molecule has 1 unspecified atom stereocenters. The number of aldehydes is 1. The van der Waals surface area contributed by atoms with Gasteiger partial charge in [0.05, 0.1) is 7.11 Å². The quantitative estimate of drug-likeness (QED) is 0.647. The Morgan fingerprint density at radius 1 is 1.50 bits per heavy atom. The summed E-state index contributed by atoms with van der Waals surface area (Å²) < 4.78 is 7.36. The number of ether oxygens (including phenoxy) is 1. The Morgan fingerprint density at radius 2 is 2.22 bits per heavy atom. The molecule has 0 aliphatic carbocycles. The first-order valence-electron chi connectivity index (χ1n) is 5.41. The highest BCUT2D eigenvalue weighted by atomic mass is 79.9. The monoisotopic (exact) mass is 309 g/mol. The van der Waals surface area contributed by atoms with Gasteiger partial charge in [-0.1, -0.05) is 15.9 Å². The average Bonchev–Trinajstić information content (AvgIpc) is 2.74. The lowest BCUT2D eigenvalue weighted by molar-refractivity contribution is -0.143. The third-order valence-corrected chi connectivity index (χ3v) is 3.41. The van der Waals surface area contributed by atoms with Crippen LogP contribution in [0.25, 0.3) is 10.9 Å². The molecule has 2 rings (SSSR count). The summed E-state index contributed by atoms with van der Waals surface area (Å²) in [5.74, 6) is -0.340. The lowest BCUT2D eigenvalue weighted by Crippen LogP contribution is -2.16. The zero-order valence-electron chi connectivity index (χ0n) is 10.0. The number of fused-ring (bicyclic) bond motifs is 1. The molecule has 0 amide bonds. The lowest BCUT2D eigenvalue weighted by Gasteiger charge is -2.12. The Kier molecular flexibility index (Phi) is 3.52. The third kappa shape index (κ3) is 2.06. The van der Waals surface area contributed by atoms with E-state index in [0.717, 1.165) is 21.7 Å². The van der Waals surface area contributed by atoms with Crippen molar-refractivity contribution in [2.24, 2.45) is 0 Å². The molecule has 4 nitrogen and oxygen atoms in total. The molecule has 2 aromatic rings. The number of aromatic nitrogens is 1. The predicted molar refractivity (Wildman–Crippen MR) is 71.8 cm³/mol. The Bertz CT molecular complexity index is 618. The van der Waals surface area contributed by atoms with Gasteiger partial charge in [0.2, 0.25) is 0 Å². The van der Waals surface area contributed by atoms with Gasteiger partial charge in [-0.3, -0.25) is 4.79 Å². The van der Waals surface area contributed by atoms with Gasteiger partial charge in [-0.05, 0) is 25.1 Å². The van der Waals surface area contributed by atoms with Gasteiger partial charge < -0.3 is 9.30 Å². The highest BCUT2D eigenvalue weighted by Crippen LogP contribution is 2.27. The number of nitrogens with zero attached hydrogens (tertiary/aromatic N) is 1. The van der Waals surface area contributed by atoms with Crippen LogP contribution in [0.5, 0.6) is 0 Å². The van der Waals surface area contributed by atoms with Crippen molar-refractivity contribution in [3.8, 4) is 0 Å². The Morgan fingerprint density at radius 3 is 2.83 bits per heavy atom. The number of halogens is 1. The summed E-state index contributed by atoms with van der Waals surface area (Å²) in [7, 11) is 1.35. The summed E-state index contributed by atoms with van der Waals surface area (Å²) >= 11 is 3.37. The Balaban J connectivity index is 2.65. The predicted octanol–water partition coefficient (Wildman–Crippen LogP) is 2.95. The number of carbonyl (C=O) groups excluding carboxylic acids is 2. The molecule has 1 aromatic heterocycles. The molecular formula is C13H12BrNO3. The largest absolute Gasteiger partial charge is 0.467 e. The summed E-state index contributed by atoms with van der Waals surface area (Å²) in [4.78, 5) is 22.6. The van der Waals surface area contributed by atoms with E-state index >= 15 is 0 Å². The summed E-state index contributed by atoms with van der Waals surface area (Å²) in [6.07, 6.45) is 2.46. The van der Waals surface area contributed by atoms with Crippen molar-refractivity contribution in [1.29, 1.82) is 0 Å². The second-order valence-corrected chi connectivity index (χ2v) is 4.89. The van der Waals surface area contributed by atoms with Crippen molar-refractivity contribution in [2.75, 3.05) is 7.11 Å². The van der Waals surface area contributed by atoms with Crippen LogP contribution in [0.15, 0.2) is 28.9 Å². The zero-order chi connectivity index (χ0) is 13.3. The minimum atomic E-state index is -0.465. The van der Waals surface area contributed by atoms with Gasteiger partial charge >= 0.3 is 5.97 Å². The fourth-order valence-electron chi connectivity index (χ4n) is 1.95. The van der Waals surface area contributed by atoms with E-state index in [1.165, 1.54) is 7.11 Å². The van der Waals surface area contributed by atoms with Crippen LogP contribution < -0.4 is 0 Å². The maximum Gasteiger partial charge on any atom is 0.328 e. The van der Waals surface area contributed by atoms with Crippen LogP contribution in [0.2, 0.25) is 0 Å². The van der Waals surface area contributed by atoms with Crippen molar-refractivity contribution >= 4 is 39.1 Å². The van der Waals surface area contributed by atoms with Gasteiger partial charge in [-0.2, -0.15) is 0 Å². The molecule has 1 aromatic carbocycles. The topological polar surface area (TPSA) is 48.3 Å². The van der Waals surface area contributed by atoms with Crippen LogP contribution in [0.4, 0.5) is 0 Å². The van der Waals surface area contributed by atoms with E-state index in [0.29, 0.717) is 5.56 Å². The van der Waals surface area contributed by atoms with Crippen LogP contribution in [0.3, 0.4) is 0 Å². The Hall–Kier alpha value is -1.62. The van der Waals surface area contributed by atoms with Gasteiger partial charge in [0, 0.05) is 27.1 Å². The van der Waals surface area contributed by atoms with Crippen LogP contribution in [-0.2, 0) is 9.53 Å². The van der Waals surface area contributed by atoms with E-state index in [1.807, 2.05) is 18.2 Å². The smallest absolute Gasteiger partial charge is 0.328 e. The molecule has 94 valence electrons. The van der Waals surface area contributed by atoms with Crippen molar-refractivity contribution in [2.45, 2.75) is 13.0 Å². The number of rotatable bonds is 3. The Labute approximate surface area is 113 Å². The van der Waals surface area contributed by atoms with Crippen LogP contribution in [0, 0.1) is 0 Å². The van der Waals surface area contributed by atoms with E-state index < -0.39 is 6.04 Å². The highest BCUT2D eigenvalue weighted by Gasteiger charge is 2.19. The van der Waals surface area contributed by atoms with Crippen LogP contribution >= 0.6 is 15.9 Å². The number of hydrogen-bond donors (Lipinski definition) is 0. The molecule has 0 radical (unpaired) electrons. The number of esters is 1. The summed E-state index contributed by atoms with van der Waals surface area (Å²) in [5.41, 5.74) is 1.39. The molecule has 0 bridgehead atoms. The fraction of sp³-hybridized carbons (Fsp3) is 0.231. The number of benzene rings is 1. The molecule has 0 aliphatic heterocycles. The van der Waals surface area contributed by atoms with Crippen molar-refractivity contribution in [3.63, 3.8) is 0 Å². The fourth-order valence-corrected chi connectivity index (χ4v) is 2.31. The van der Waals surface area contributed by atoms with E-state index in [4.69, 9.17) is 4.74 Å². The van der Waals surface area contributed by atoms with Crippen molar-refractivity contribution < 1.29 is 14.3 Å². The average molecular weight is 310 g/mol. The summed E-state index contributed by atoms with van der Waals surface area (Å²) in [6, 6.07) is 5.13. The number of methoxy groups -OCH3 is 1. The second-order valence-electron chi connectivity index (χ2n) is 3.97. The van der Waals surface area contributed by atoms with E-state index in [9.17, 15) is 9.59 Å².